The van der Waals surface area contributed by atoms with Crippen molar-refractivity contribution in [1.82, 2.24) is 0 Å². The van der Waals surface area contributed by atoms with E-state index in [0.717, 1.165) is 0 Å². The van der Waals surface area contributed by atoms with Gasteiger partial charge in [-0.05, 0) is 62.2 Å². The number of carboxylic acid groups (broad SMARTS) is 1. The van der Waals surface area contributed by atoms with Gasteiger partial charge in [0.1, 0.15) is 5.82 Å². The van der Waals surface area contributed by atoms with Gasteiger partial charge in [0.2, 0.25) is 0 Å². The number of carbonyl (C=O) groups excluding carboxylic acids is 1. The number of benzene rings is 2. The summed E-state index contributed by atoms with van der Waals surface area (Å²) in [5.41, 5.74) is 0.112. The first-order chi connectivity index (χ1) is 9.90. The van der Waals surface area contributed by atoms with Crippen LogP contribution in [-0.2, 0) is 0 Å². The fourth-order valence-electron chi connectivity index (χ4n) is 1.65. The Bertz CT molecular complexity index is 714. The third-order valence-electron chi connectivity index (χ3n) is 2.65. The first-order valence-corrected chi connectivity index (χ1v) is 7.27. The molecule has 0 aliphatic rings. The van der Waals surface area contributed by atoms with Crippen LogP contribution >= 0.6 is 31.9 Å². The zero-order valence-electron chi connectivity index (χ0n) is 10.4. The van der Waals surface area contributed by atoms with Crippen molar-refractivity contribution in [2.75, 3.05) is 5.32 Å². The molecule has 0 fully saturated rings. The second-order valence-corrected chi connectivity index (χ2v) is 5.76. The number of hydrogen-bond acceptors (Lipinski definition) is 2. The molecule has 0 bridgehead atoms. The molecule has 108 valence electrons. The molecule has 0 unspecified atom stereocenters. The van der Waals surface area contributed by atoms with Crippen molar-refractivity contribution in [3.8, 4) is 0 Å². The third-order valence-corrected chi connectivity index (χ3v) is 4.00. The van der Waals surface area contributed by atoms with Crippen LogP contribution in [0.4, 0.5) is 10.1 Å². The van der Waals surface area contributed by atoms with Crippen LogP contribution in [0, 0.1) is 5.82 Å². The third kappa shape index (κ3) is 3.48. The number of rotatable bonds is 3. The number of carboxylic acids is 1. The van der Waals surface area contributed by atoms with Gasteiger partial charge in [-0.25, -0.2) is 9.18 Å². The van der Waals surface area contributed by atoms with Gasteiger partial charge in [0.05, 0.1) is 16.8 Å². The SMILES string of the molecule is O=C(O)c1ccc(Br)c(NC(=O)c2c(F)cccc2Br)c1. The van der Waals surface area contributed by atoms with Crippen molar-refractivity contribution < 1.29 is 19.1 Å². The smallest absolute Gasteiger partial charge is 0.335 e. The van der Waals surface area contributed by atoms with Crippen LogP contribution < -0.4 is 5.32 Å². The van der Waals surface area contributed by atoms with Crippen LogP contribution in [-0.4, -0.2) is 17.0 Å². The average Bonchev–Trinajstić information content (AvgIpc) is 2.40. The van der Waals surface area contributed by atoms with E-state index in [9.17, 15) is 14.0 Å². The van der Waals surface area contributed by atoms with Crippen LogP contribution in [0.1, 0.15) is 20.7 Å². The highest BCUT2D eigenvalue weighted by Gasteiger charge is 2.17. The molecule has 0 saturated heterocycles. The predicted octanol–water partition coefficient (Wildman–Crippen LogP) is 4.30. The zero-order valence-corrected chi connectivity index (χ0v) is 13.5. The van der Waals surface area contributed by atoms with Gasteiger partial charge in [0.15, 0.2) is 0 Å². The molecule has 21 heavy (non-hydrogen) atoms. The van der Waals surface area contributed by atoms with E-state index in [2.05, 4.69) is 37.2 Å². The molecular weight excluding hydrogens is 409 g/mol. The molecule has 2 aromatic rings. The van der Waals surface area contributed by atoms with E-state index in [1.54, 1.807) is 6.07 Å². The number of aromatic carboxylic acids is 1. The molecule has 0 radical (unpaired) electrons. The van der Waals surface area contributed by atoms with Gasteiger partial charge in [-0.3, -0.25) is 4.79 Å². The summed E-state index contributed by atoms with van der Waals surface area (Å²) in [6, 6.07) is 8.36. The van der Waals surface area contributed by atoms with Gasteiger partial charge in [0, 0.05) is 8.95 Å². The lowest BCUT2D eigenvalue weighted by molar-refractivity contribution is 0.0696. The highest BCUT2D eigenvalue weighted by Crippen LogP contribution is 2.26. The zero-order chi connectivity index (χ0) is 15.6. The van der Waals surface area contributed by atoms with Gasteiger partial charge in [-0.15, -0.1) is 0 Å². The first kappa shape index (κ1) is 15.7. The summed E-state index contributed by atoms with van der Waals surface area (Å²) >= 11 is 6.32. The van der Waals surface area contributed by atoms with Crippen molar-refractivity contribution in [3.63, 3.8) is 0 Å². The molecule has 4 nitrogen and oxygen atoms in total. The fourth-order valence-corrected chi connectivity index (χ4v) is 2.52. The van der Waals surface area contributed by atoms with Gasteiger partial charge in [0.25, 0.3) is 5.91 Å². The number of amides is 1. The standard InChI is InChI=1S/C14H8Br2FNO3/c15-8-5-4-7(14(20)21)6-11(8)18-13(19)12-9(16)2-1-3-10(12)17/h1-6H,(H,18,19)(H,20,21). The largest absolute Gasteiger partial charge is 0.478 e. The van der Waals surface area contributed by atoms with E-state index in [1.165, 1.54) is 30.3 Å². The van der Waals surface area contributed by atoms with Crippen molar-refractivity contribution in [1.29, 1.82) is 0 Å². The van der Waals surface area contributed by atoms with Crippen LogP contribution in [0.15, 0.2) is 45.3 Å². The van der Waals surface area contributed by atoms with E-state index < -0.39 is 17.7 Å². The lowest BCUT2D eigenvalue weighted by Crippen LogP contribution is -2.15. The predicted molar refractivity (Wildman–Crippen MR) is 83.2 cm³/mol. The minimum absolute atomic E-state index is 0.0149. The molecule has 2 N–H and O–H groups in total. The summed E-state index contributed by atoms with van der Waals surface area (Å²) in [7, 11) is 0. The van der Waals surface area contributed by atoms with E-state index >= 15 is 0 Å². The van der Waals surface area contributed by atoms with Gasteiger partial charge in [-0.1, -0.05) is 6.07 Å². The number of nitrogens with one attached hydrogen (secondary N) is 1. The molecule has 0 atom stereocenters. The lowest BCUT2D eigenvalue weighted by atomic mass is 10.1. The summed E-state index contributed by atoms with van der Waals surface area (Å²) in [5, 5.41) is 11.4. The van der Waals surface area contributed by atoms with E-state index in [1.807, 2.05) is 0 Å². The molecule has 0 saturated carbocycles. The first-order valence-electron chi connectivity index (χ1n) is 5.68. The molecule has 0 aliphatic heterocycles. The molecule has 0 aliphatic carbocycles. The fraction of sp³-hybridized carbons (Fsp3) is 0. The Morgan fingerprint density at radius 3 is 2.43 bits per heavy atom. The molecule has 2 rings (SSSR count). The highest BCUT2D eigenvalue weighted by atomic mass is 79.9. The van der Waals surface area contributed by atoms with Gasteiger partial charge < -0.3 is 10.4 Å². The van der Waals surface area contributed by atoms with Gasteiger partial charge >= 0.3 is 5.97 Å². The van der Waals surface area contributed by atoms with Crippen LogP contribution in [0.3, 0.4) is 0 Å². The van der Waals surface area contributed by atoms with Crippen LogP contribution in [0.25, 0.3) is 0 Å². The molecule has 0 aromatic heterocycles. The summed E-state index contributed by atoms with van der Waals surface area (Å²) < 4.78 is 14.5. The molecule has 0 spiro atoms. The number of anilines is 1. The second kappa shape index (κ2) is 6.36. The minimum Gasteiger partial charge on any atom is -0.478 e. The van der Waals surface area contributed by atoms with Gasteiger partial charge in [-0.2, -0.15) is 0 Å². The number of hydrogen-bond donors (Lipinski definition) is 2. The maximum Gasteiger partial charge on any atom is 0.335 e. The maximum atomic E-state index is 13.7. The van der Waals surface area contributed by atoms with Crippen molar-refractivity contribution in [2.45, 2.75) is 0 Å². The van der Waals surface area contributed by atoms with E-state index in [0.29, 0.717) is 8.95 Å². The van der Waals surface area contributed by atoms with E-state index in [4.69, 9.17) is 5.11 Å². The Morgan fingerprint density at radius 1 is 1.10 bits per heavy atom. The maximum absolute atomic E-state index is 13.7. The van der Waals surface area contributed by atoms with E-state index in [-0.39, 0.29) is 16.8 Å². The monoisotopic (exact) mass is 415 g/mol. The average molecular weight is 417 g/mol. The molecule has 1 amide bonds. The molecular formula is C14H8Br2FNO3. The Labute approximate surface area is 136 Å². The Morgan fingerprint density at radius 2 is 1.81 bits per heavy atom. The molecule has 7 heteroatoms. The lowest BCUT2D eigenvalue weighted by Gasteiger charge is -2.10. The molecule has 0 heterocycles. The quantitative estimate of drug-likeness (QED) is 0.783. The number of halogens is 3. The summed E-state index contributed by atoms with van der Waals surface area (Å²) in [5.74, 6) is -2.47. The summed E-state index contributed by atoms with van der Waals surface area (Å²) in [4.78, 5) is 23.1. The van der Waals surface area contributed by atoms with Crippen molar-refractivity contribution in [3.05, 3.63) is 62.3 Å². The Kier molecular flexibility index (Phi) is 4.74. The highest BCUT2D eigenvalue weighted by molar-refractivity contribution is 9.11. The molecule has 2 aromatic carbocycles. The van der Waals surface area contributed by atoms with Crippen molar-refractivity contribution >= 4 is 49.4 Å². The number of carbonyl (C=O) groups is 2. The Balaban J connectivity index is 2.36. The Hall–Kier alpha value is -1.73. The topological polar surface area (TPSA) is 66.4 Å². The second-order valence-electron chi connectivity index (χ2n) is 4.05. The van der Waals surface area contributed by atoms with Crippen LogP contribution in [0.2, 0.25) is 0 Å². The summed E-state index contributed by atoms with van der Waals surface area (Å²) in [6.45, 7) is 0. The minimum atomic E-state index is -1.12. The van der Waals surface area contributed by atoms with Crippen LogP contribution in [0.5, 0.6) is 0 Å². The van der Waals surface area contributed by atoms with Crippen molar-refractivity contribution in [2.24, 2.45) is 0 Å². The summed E-state index contributed by atoms with van der Waals surface area (Å²) in [6.07, 6.45) is 0. The normalized spacial score (nSPS) is 10.2.